The number of benzene rings is 2. The quantitative estimate of drug-likeness (QED) is 0.873. The molecule has 2 aromatic carbocycles. The fourth-order valence-corrected chi connectivity index (χ4v) is 2.90. The van der Waals surface area contributed by atoms with Crippen molar-refractivity contribution < 1.29 is 5.11 Å². The third kappa shape index (κ3) is 3.68. The molecule has 0 bridgehead atoms. The van der Waals surface area contributed by atoms with E-state index in [0.717, 1.165) is 22.0 Å². The van der Waals surface area contributed by atoms with E-state index in [-0.39, 0.29) is 0 Å². The molecule has 1 nitrogen and oxygen atoms in total. The molecule has 0 saturated heterocycles. The first kappa shape index (κ1) is 14.3. The monoisotopic (exact) mass is 318 g/mol. The van der Waals surface area contributed by atoms with Crippen LogP contribution in [0.25, 0.3) is 0 Å². The van der Waals surface area contributed by atoms with Crippen LogP contribution in [-0.2, 0) is 12.8 Å². The van der Waals surface area contributed by atoms with Crippen LogP contribution in [0.5, 0.6) is 0 Å². The van der Waals surface area contributed by atoms with Gasteiger partial charge >= 0.3 is 0 Å². The Bertz CT molecular complexity index is 546. The van der Waals surface area contributed by atoms with E-state index in [1.165, 1.54) is 11.1 Å². The summed E-state index contributed by atoms with van der Waals surface area (Å²) in [5.74, 6) is 0. The van der Waals surface area contributed by atoms with Gasteiger partial charge in [0.15, 0.2) is 0 Å². The Morgan fingerprint density at radius 2 is 1.68 bits per heavy atom. The van der Waals surface area contributed by atoms with Crippen molar-refractivity contribution in [3.8, 4) is 0 Å². The van der Waals surface area contributed by atoms with Crippen LogP contribution in [0.1, 0.15) is 35.3 Å². The first-order valence-electron chi connectivity index (χ1n) is 6.62. The number of aliphatic hydroxyl groups excluding tert-OH is 1. The van der Waals surface area contributed by atoms with Crippen LogP contribution >= 0.6 is 15.9 Å². The first-order valence-corrected chi connectivity index (χ1v) is 7.41. The highest BCUT2D eigenvalue weighted by Gasteiger charge is 2.12. The summed E-state index contributed by atoms with van der Waals surface area (Å²) in [6.45, 7) is 4.19. The zero-order valence-corrected chi connectivity index (χ0v) is 12.9. The molecule has 1 N–H and O–H groups in total. The highest BCUT2D eigenvalue weighted by Crippen LogP contribution is 2.27. The standard InChI is InChI=1S/C17H19BrO/c1-3-13-5-7-14(8-6-13)11-17(19)15-9-4-12(2)10-16(15)18/h4-10,17,19H,3,11H2,1-2H3. The van der Waals surface area contributed by atoms with Crippen molar-refractivity contribution in [1.29, 1.82) is 0 Å². The number of aryl methyl sites for hydroxylation is 2. The fourth-order valence-electron chi connectivity index (χ4n) is 2.15. The largest absolute Gasteiger partial charge is 0.388 e. The van der Waals surface area contributed by atoms with Gasteiger partial charge in [-0.15, -0.1) is 0 Å². The van der Waals surface area contributed by atoms with Gasteiger partial charge in [-0.25, -0.2) is 0 Å². The molecule has 0 aromatic heterocycles. The maximum Gasteiger partial charge on any atom is 0.0841 e. The first-order chi connectivity index (χ1) is 9.10. The predicted octanol–water partition coefficient (Wildman–Crippen LogP) is 4.60. The van der Waals surface area contributed by atoms with Crippen molar-refractivity contribution in [2.75, 3.05) is 0 Å². The van der Waals surface area contributed by atoms with Gasteiger partial charge in [0.2, 0.25) is 0 Å². The Morgan fingerprint density at radius 1 is 1.05 bits per heavy atom. The summed E-state index contributed by atoms with van der Waals surface area (Å²) in [5.41, 5.74) is 4.63. The summed E-state index contributed by atoms with van der Waals surface area (Å²) in [6.07, 6.45) is 1.22. The van der Waals surface area contributed by atoms with Gasteiger partial charge < -0.3 is 5.11 Å². The van der Waals surface area contributed by atoms with E-state index in [0.29, 0.717) is 6.42 Å². The van der Waals surface area contributed by atoms with Crippen LogP contribution in [0.4, 0.5) is 0 Å². The Hall–Kier alpha value is -1.12. The molecule has 0 aliphatic heterocycles. The maximum atomic E-state index is 10.3. The van der Waals surface area contributed by atoms with E-state index >= 15 is 0 Å². The van der Waals surface area contributed by atoms with Gasteiger partial charge in [0, 0.05) is 10.9 Å². The molecule has 100 valence electrons. The third-order valence-electron chi connectivity index (χ3n) is 3.38. The highest BCUT2D eigenvalue weighted by molar-refractivity contribution is 9.10. The van der Waals surface area contributed by atoms with Gasteiger partial charge in [0.05, 0.1) is 6.10 Å². The molecule has 0 radical (unpaired) electrons. The molecule has 0 aliphatic carbocycles. The molecule has 0 aliphatic rings. The normalized spacial score (nSPS) is 12.4. The Labute approximate surface area is 123 Å². The molecule has 0 spiro atoms. The lowest BCUT2D eigenvalue weighted by Gasteiger charge is -2.14. The summed E-state index contributed by atoms with van der Waals surface area (Å²) in [7, 11) is 0. The smallest absolute Gasteiger partial charge is 0.0841 e. The number of hydrogen-bond acceptors (Lipinski definition) is 1. The lowest BCUT2D eigenvalue weighted by molar-refractivity contribution is 0.177. The van der Waals surface area contributed by atoms with Gasteiger partial charge in [0.25, 0.3) is 0 Å². The number of halogens is 1. The summed E-state index contributed by atoms with van der Waals surface area (Å²) < 4.78 is 0.977. The average molecular weight is 319 g/mol. The highest BCUT2D eigenvalue weighted by atomic mass is 79.9. The molecule has 19 heavy (non-hydrogen) atoms. The molecule has 1 atom stereocenters. The number of hydrogen-bond donors (Lipinski definition) is 1. The topological polar surface area (TPSA) is 20.2 Å². The molecule has 0 heterocycles. The Kier molecular flexibility index (Phi) is 4.78. The summed E-state index contributed by atoms with van der Waals surface area (Å²) in [5, 5.41) is 10.3. The van der Waals surface area contributed by atoms with Gasteiger partial charge in [0.1, 0.15) is 0 Å². The van der Waals surface area contributed by atoms with Crippen molar-refractivity contribution >= 4 is 15.9 Å². The molecule has 2 aromatic rings. The molecule has 0 amide bonds. The van der Waals surface area contributed by atoms with Crippen LogP contribution < -0.4 is 0 Å². The zero-order valence-electron chi connectivity index (χ0n) is 11.4. The second kappa shape index (κ2) is 6.36. The summed E-state index contributed by atoms with van der Waals surface area (Å²) >= 11 is 3.52. The van der Waals surface area contributed by atoms with E-state index in [1.807, 2.05) is 25.1 Å². The van der Waals surface area contributed by atoms with Gasteiger partial charge in [-0.05, 0) is 41.7 Å². The second-order valence-electron chi connectivity index (χ2n) is 4.91. The average Bonchev–Trinajstić information content (AvgIpc) is 2.39. The van der Waals surface area contributed by atoms with Gasteiger partial charge in [-0.3, -0.25) is 0 Å². The summed E-state index contributed by atoms with van der Waals surface area (Å²) in [4.78, 5) is 0. The fraction of sp³-hybridized carbons (Fsp3) is 0.294. The van der Waals surface area contributed by atoms with Crippen LogP contribution in [0.2, 0.25) is 0 Å². The van der Waals surface area contributed by atoms with E-state index < -0.39 is 6.10 Å². The minimum absolute atomic E-state index is 0.470. The van der Waals surface area contributed by atoms with E-state index in [9.17, 15) is 5.11 Å². The van der Waals surface area contributed by atoms with E-state index in [1.54, 1.807) is 0 Å². The molecular formula is C17H19BrO. The van der Waals surface area contributed by atoms with Crippen LogP contribution in [0, 0.1) is 6.92 Å². The number of aliphatic hydroxyl groups is 1. The van der Waals surface area contributed by atoms with Crippen LogP contribution in [-0.4, -0.2) is 5.11 Å². The molecular weight excluding hydrogens is 300 g/mol. The minimum atomic E-state index is -0.470. The third-order valence-corrected chi connectivity index (χ3v) is 4.06. The minimum Gasteiger partial charge on any atom is -0.388 e. The van der Waals surface area contributed by atoms with Crippen molar-refractivity contribution in [1.82, 2.24) is 0 Å². The van der Waals surface area contributed by atoms with Crippen molar-refractivity contribution in [3.63, 3.8) is 0 Å². The second-order valence-corrected chi connectivity index (χ2v) is 5.77. The lowest BCUT2D eigenvalue weighted by Crippen LogP contribution is -2.03. The van der Waals surface area contributed by atoms with Gasteiger partial charge in [-0.1, -0.05) is 59.3 Å². The van der Waals surface area contributed by atoms with Crippen molar-refractivity contribution in [3.05, 3.63) is 69.2 Å². The molecule has 2 rings (SSSR count). The van der Waals surface area contributed by atoms with Gasteiger partial charge in [-0.2, -0.15) is 0 Å². The molecule has 1 unspecified atom stereocenters. The Balaban J connectivity index is 2.13. The zero-order chi connectivity index (χ0) is 13.8. The van der Waals surface area contributed by atoms with Crippen molar-refractivity contribution in [2.45, 2.75) is 32.8 Å². The van der Waals surface area contributed by atoms with E-state index in [4.69, 9.17) is 0 Å². The van der Waals surface area contributed by atoms with Crippen LogP contribution in [0.3, 0.4) is 0 Å². The molecule has 2 heteroatoms. The van der Waals surface area contributed by atoms with E-state index in [2.05, 4.69) is 47.1 Å². The summed E-state index contributed by atoms with van der Waals surface area (Å²) in [6, 6.07) is 14.5. The number of rotatable bonds is 4. The Morgan fingerprint density at radius 3 is 2.26 bits per heavy atom. The molecule has 0 fully saturated rings. The molecule has 0 saturated carbocycles. The van der Waals surface area contributed by atoms with Crippen molar-refractivity contribution in [2.24, 2.45) is 0 Å². The predicted molar refractivity (Wildman–Crippen MR) is 83.4 cm³/mol. The van der Waals surface area contributed by atoms with Crippen LogP contribution in [0.15, 0.2) is 46.9 Å². The SMILES string of the molecule is CCc1ccc(CC(O)c2ccc(C)cc2Br)cc1. The lowest BCUT2D eigenvalue weighted by atomic mass is 9.99. The maximum absolute atomic E-state index is 10.3.